The number of anilines is 1. The van der Waals surface area contributed by atoms with Crippen LogP contribution in [0.2, 0.25) is 0 Å². The zero-order chi connectivity index (χ0) is 28.0. The molecule has 2 atom stereocenters. The molecule has 0 bridgehead atoms. The van der Waals surface area contributed by atoms with Gasteiger partial charge >= 0.3 is 11.9 Å². The smallest absolute Gasteiger partial charge is 0.353 e. The van der Waals surface area contributed by atoms with Gasteiger partial charge in [-0.2, -0.15) is 0 Å². The summed E-state index contributed by atoms with van der Waals surface area (Å²) in [5, 5.41) is 19.4. The predicted octanol–water partition coefficient (Wildman–Crippen LogP) is 1.61. The molecule has 38 heavy (non-hydrogen) atoms. The summed E-state index contributed by atoms with van der Waals surface area (Å²) in [5.41, 5.74) is -1.13. The maximum atomic E-state index is 13.2. The number of amides is 3. The fraction of sp³-hybridized carbons (Fsp3) is 0.500. The molecule has 0 spiro atoms. The van der Waals surface area contributed by atoms with Crippen molar-refractivity contribution < 1.29 is 38.7 Å². The number of oxime groups is 1. The molecule has 0 saturated carbocycles. The lowest BCUT2D eigenvalue weighted by molar-refractivity contribution is -0.160. The number of thiazole rings is 1. The van der Waals surface area contributed by atoms with Crippen LogP contribution < -0.4 is 10.6 Å². The zero-order valence-electron chi connectivity index (χ0n) is 21.0. The summed E-state index contributed by atoms with van der Waals surface area (Å²) in [6.45, 7) is 6.44. The molecule has 1 aromatic heterocycles. The number of carbonyl (C=O) groups excluding carboxylic acids is 4. The standard InChI is InChI=1S/C22H27N5O8S3/c1-5-6-36-12-9-37-19-15(18(31)27(19)16(12)20(32)33)25-17(30)14(11-8-38-21(24-11)23-10-28)26-34-7-13(29)35-22(2,3)4/h8,10,15,19H,5-7,9H2,1-4H3,(H,25,30)(H,32,33)(H,23,24,28)/b26-14+/t15?,19-/m1/s1. The molecule has 0 aliphatic carbocycles. The third-order valence-corrected chi connectivity index (χ3v) is 8.34. The van der Waals surface area contributed by atoms with E-state index in [4.69, 9.17) is 9.57 Å². The molecular formula is C22H27N5O8S3. The minimum Gasteiger partial charge on any atom is -0.477 e. The molecular weight excluding hydrogens is 558 g/mol. The molecule has 3 rings (SSSR count). The van der Waals surface area contributed by atoms with Gasteiger partial charge in [-0.1, -0.05) is 12.1 Å². The van der Waals surface area contributed by atoms with E-state index in [1.54, 1.807) is 20.8 Å². The van der Waals surface area contributed by atoms with E-state index in [1.165, 1.54) is 33.8 Å². The second-order valence-corrected chi connectivity index (χ2v) is 12.0. The van der Waals surface area contributed by atoms with Gasteiger partial charge in [-0.25, -0.2) is 14.6 Å². The molecule has 2 aliphatic heterocycles. The molecule has 16 heteroatoms. The fourth-order valence-corrected chi connectivity index (χ4v) is 6.52. The van der Waals surface area contributed by atoms with E-state index in [1.807, 2.05) is 6.92 Å². The summed E-state index contributed by atoms with van der Waals surface area (Å²) >= 11 is 3.77. The van der Waals surface area contributed by atoms with Crippen LogP contribution in [-0.2, 0) is 33.5 Å². The average molecular weight is 586 g/mol. The van der Waals surface area contributed by atoms with Crippen molar-refractivity contribution in [3.63, 3.8) is 0 Å². The number of carboxylic acid groups (broad SMARTS) is 1. The Morgan fingerprint density at radius 1 is 1.37 bits per heavy atom. The van der Waals surface area contributed by atoms with Crippen LogP contribution in [0.5, 0.6) is 0 Å². The number of carbonyl (C=O) groups is 5. The highest BCUT2D eigenvalue weighted by Crippen LogP contribution is 2.43. The lowest BCUT2D eigenvalue weighted by Crippen LogP contribution is -2.71. The SMILES string of the molecule is CCCSC1=C(C(=O)O)N2C(=O)C(NC(=O)/C(=N/OCC(=O)OC(C)(C)C)c3csc(NC=O)n3)[C@H]2SC1. The first-order valence-corrected chi connectivity index (χ1v) is 14.3. The van der Waals surface area contributed by atoms with Crippen LogP contribution in [0.1, 0.15) is 39.8 Å². The summed E-state index contributed by atoms with van der Waals surface area (Å²) in [7, 11) is 0. The van der Waals surface area contributed by atoms with Gasteiger partial charge in [0, 0.05) is 16.0 Å². The third-order valence-electron chi connectivity index (χ3n) is 4.81. The van der Waals surface area contributed by atoms with Crippen LogP contribution in [0.3, 0.4) is 0 Å². The van der Waals surface area contributed by atoms with Crippen LogP contribution in [0, 0.1) is 0 Å². The molecule has 0 aromatic carbocycles. The Kier molecular flexibility index (Phi) is 9.78. The normalized spacial score (nSPS) is 19.3. The molecule has 1 fully saturated rings. The van der Waals surface area contributed by atoms with E-state index < -0.39 is 47.4 Å². The molecule has 13 nitrogen and oxygen atoms in total. The number of hydrogen-bond donors (Lipinski definition) is 3. The topological polar surface area (TPSA) is 177 Å². The quantitative estimate of drug-likeness (QED) is 0.107. The second-order valence-electron chi connectivity index (χ2n) is 8.89. The summed E-state index contributed by atoms with van der Waals surface area (Å²) in [4.78, 5) is 71.7. The lowest BCUT2D eigenvalue weighted by Gasteiger charge is -2.49. The van der Waals surface area contributed by atoms with Gasteiger partial charge in [0.25, 0.3) is 11.8 Å². The predicted molar refractivity (Wildman–Crippen MR) is 143 cm³/mol. The van der Waals surface area contributed by atoms with Crippen molar-refractivity contribution in [1.82, 2.24) is 15.2 Å². The van der Waals surface area contributed by atoms with E-state index in [9.17, 15) is 29.1 Å². The van der Waals surface area contributed by atoms with Crippen molar-refractivity contribution in [2.75, 3.05) is 23.4 Å². The van der Waals surface area contributed by atoms with Gasteiger partial charge in [-0.3, -0.25) is 19.3 Å². The van der Waals surface area contributed by atoms with Gasteiger partial charge in [-0.05, 0) is 32.9 Å². The first-order chi connectivity index (χ1) is 18.0. The average Bonchev–Trinajstić information content (AvgIpc) is 3.30. The Balaban J connectivity index is 1.77. The minimum atomic E-state index is -1.21. The van der Waals surface area contributed by atoms with Gasteiger partial charge in [0.2, 0.25) is 13.0 Å². The minimum absolute atomic E-state index is 0.0327. The maximum absolute atomic E-state index is 13.2. The summed E-state index contributed by atoms with van der Waals surface area (Å²) < 4.78 is 5.15. The number of aromatic nitrogens is 1. The van der Waals surface area contributed by atoms with Crippen molar-refractivity contribution in [2.24, 2.45) is 5.16 Å². The number of nitrogens with one attached hydrogen (secondary N) is 2. The molecule has 1 aromatic rings. The molecule has 206 valence electrons. The van der Waals surface area contributed by atoms with Crippen molar-refractivity contribution in [3.8, 4) is 0 Å². The number of thioether (sulfide) groups is 2. The van der Waals surface area contributed by atoms with E-state index in [-0.39, 0.29) is 22.2 Å². The lowest BCUT2D eigenvalue weighted by atomic mass is 10.0. The van der Waals surface area contributed by atoms with Crippen molar-refractivity contribution in [1.29, 1.82) is 0 Å². The highest BCUT2D eigenvalue weighted by atomic mass is 32.2. The van der Waals surface area contributed by atoms with E-state index in [2.05, 4.69) is 20.8 Å². The van der Waals surface area contributed by atoms with E-state index >= 15 is 0 Å². The fourth-order valence-electron chi connectivity index (χ4n) is 3.36. The van der Waals surface area contributed by atoms with Gasteiger partial charge in [-0.15, -0.1) is 34.9 Å². The van der Waals surface area contributed by atoms with Gasteiger partial charge in [0.05, 0.1) is 0 Å². The van der Waals surface area contributed by atoms with Gasteiger partial charge in [0.15, 0.2) is 10.8 Å². The molecule has 1 unspecified atom stereocenters. The Labute approximate surface area is 230 Å². The Bertz CT molecular complexity index is 1180. The number of esters is 1. The van der Waals surface area contributed by atoms with Gasteiger partial charge < -0.3 is 25.3 Å². The highest BCUT2D eigenvalue weighted by Gasteiger charge is 2.54. The number of carboxylic acids is 1. The Morgan fingerprint density at radius 3 is 2.74 bits per heavy atom. The maximum Gasteiger partial charge on any atom is 0.353 e. The Hall–Kier alpha value is -3.11. The van der Waals surface area contributed by atoms with Crippen LogP contribution >= 0.6 is 34.9 Å². The first kappa shape index (κ1) is 29.4. The summed E-state index contributed by atoms with van der Waals surface area (Å²) in [5.74, 6) is -2.21. The number of aliphatic carboxylic acids is 1. The molecule has 3 N–H and O–H groups in total. The number of β-lactam (4-membered cyclic amide) rings is 1. The second kappa shape index (κ2) is 12.6. The van der Waals surface area contributed by atoms with Crippen molar-refractivity contribution >= 4 is 75.9 Å². The van der Waals surface area contributed by atoms with E-state index in [0.717, 1.165) is 23.5 Å². The largest absolute Gasteiger partial charge is 0.477 e. The molecule has 0 radical (unpaired) electrons. The molecule has 1 saturated heterocycles. The number of rotatable bonds is 12. The Morgan fingerprint density at radius 2 is 2.11 bits per heavy atom. The summed E-state index contributed by atoms with van der Waals surface area (Å²) in [6.07, 6.45) is 1.27. The van der Waals surface area contributed by atoms with Crippen LogP contribution in [-0.4, -0.2) is 86.0 Å². The van der Waals surface area contributed by atoms with Crippen LogP contribution in [0.4, 0.5) is 5.13 Å². The number of fused-ring (bicyclic) bond motifs is 1. The monoisotopic (exact) mass is 585 g/mol. The zero-order valence-corrected chi connectivity index (χ0v) is 23.5. The van der Waals surface area contributed by atoms with E-state index in [0.29, 0.717) is 17.1 Å². The van der Waals surface area contributed by atoms with Crippen molar-refractivity contribution in [2.45, 2.75) is 51.1 Å². The molecule has 3 heterocycles. The highest BCUT2D eigenvalue weighted by molar-refractivity contribution is 8.06. The third kappa shape index (κ3) is 7.05. The van der Waals surface area contributed by atoms with Gasteiger partial charge in [0.1, 0.15) is 28.4 Å². The first-order valence-electron chi connectivity index (χ1n) is 11.4. The summed E-state index contributed by atoms with van der Waals surface area (Å²) in [6, 6.07) is -1.01. The van der Waals surface area contributed by atoms with Crippen LogP contribution in [0.25, 0.3) is 0 Å². The molecule has 3 amide bonds. The van der Waals surface area contributed by atoms with Crippen molar-refractivity contribution in [3.05, 3.63) is 21.7 Å². The number of hydrogen-bond acceptors (Lipinski definition) is 12. The van der Waals surface area contributed by atoms with Crippen LogP contribution in [0.15, 0.2) is 21.1 Å². The number of ether oxygens (including phenoxy) is 1. The number of nitrogens with zero attached hydrogens (tertiary/aromatic N) is 3. The molecule has 2 aliphatic rings.